The minimum atomic E-state index is -0.0484. The van der Waals surface area contributed by atoms with E-state index in [9.17, 15) is 4.79 Å². The second-order valence-corrected chi connectivity index (χ2v) is 7.89. The fourth-order valence-electron chi connectivity index (χ4n) is 4.19. The van der Waals surface area contributed by atoms with Crippen LogP contribution in [0.5, 0.6) is 11.6 Å². The minimum Gasteiger partial charge on any atom is -0.436 e. The Kier molecular flexibility index (Phi) is 4.93. The maximum absolute atomic E-state index is 12.0. The first-order chi connectivity index (χ1) is 15.6. The molecule has 3 aromatic heterocycles. The number of aromatic amines is 1. The third-order valence-corrected chi connectivity index (χ3v) is 5.85. The molecule has 1 saturated heterocycles. The zero-order valence-corrected chi connectivity index (χ0v) is 17.9. The fourth-order valence-corrected chi connectivity index (χ4v) is 4.19. The molecule has 0 radical (unpaired) electrons. The summed E-state index contributed by atoms with van der Waals surface area (Å²) in [5.74, 6) is 1.86. The number of hydrogen-bond acceptors (Lipinski definition) is 7. The van der Waals surface area contributed by atoms with Crippen molar-refractivity contribution in [3.05, 3.63) is 55.1 Å². The van der Waals surface area contributed by atoms with Gasteiger partial charge in [0.1, 0.15) is 23.4 Å². The van der Waals surface area contributed by atoms with Crippen molar-refractivity contribution in [3.63, 3.8) is 0 Å². The molecule has 1 amide bonds. The van der Waals surface area contributed by atoms with Crippen LogP contribution in [-0.2, 0) is 4.79 Å². The zero-order chi connectivity index (χ0) is 22.2. The number of aryl methyl sites for hydroxylation is 1. The summed E-state index contributed by atoms with van der Waals surface area (Å²) in [6.45, 7) is 9.54. The lowest BCUT2D eigenvalue weighted by atomic mass is 10.1. The number of piperazine rings is 1. The van der Waals surface area contributed by atoms with Gasteiger partial charge in [0.15, 0.2) is 0 Å². The van der Waals surface area contributed by atoms with Gasteiger partial charge in [0.2, 0.25) is 11.8 Å². The highest BCUT2D eigenvalue weighted by Crippen LogP contribution is 2.36. The summed E-state index contributed by atoms with van der Waals surface area (Å²) in [4.78, 5) is 29.5. The SMILES string of the molecule is C=CC(=O)N1CCN(c2ncnc3c(Oc4c(C)ccc5[nH]ncc45)nccc23)[C@@H](C)C1. The Bertz CT molecular complexity index is 1330. The average molecular weight is 429 g/mol. The van der Waals surface area contributed by atoms with Crippen LogP contribution in [0.4, 0.5) is 5.82 Å². The van der Waals surface area contributed by atoms with Crippen LogP contribution in [0.3, 0.4) is 0 Å². The number of nitrogens with zero attached hydrogens (tertiary/aromatic N) is 6. The highest BCUT2D eigenvalue weighted by molar-refractivity contribution is 5.93. The molecule has 32 heavy (non-hydrogen) atoms. The second-order valence-electron chi connectivity index (χ2n) is 7.89. The molecule has 0 spiro atoms. The number of carbonyl (C=O) groups excluding carboxylic acids is 1. The van der Waals surface area contributed by atoms with Crippen molar-refractivity contribution in [3.8, 4) is 11.6 Å². The maximum atomic E-state index is 12.0. The van der Waals surface area contributed by atoms with Gasteiger partial charge in [-0.2, -0.15) is 5.10 Å². The number of rotatable bonds is 4. The van der Waals surface area contributed by atoms with Gasteiger partial charge in [-0.1, -0.05) is 12.6 Å². The van der Waals surface area contributed by atoms with Crippen LogP contribution in [-0.4, -0.2) is 61.6 Å². The van der Waals surface area contributed by atoms with E-state index < -0.39 is 0 Å². The van der Waals surface area contributed by atoms with E-state index in [2.05, 4.69) is 43.6 Å². The number of carbonyl (C=O) groups is 1. The topological polar surface area (TPSA) is 100 Å². The number of H-pyrrole nitrogens is 1. The summed E-state index contributed by atoms with van der Waals surface area (Å²) in [5, 5.41) is 8.83. The van der Waals surface area contributed by atoms with E-state index in [0.29, 0.717) is 36.8 Å². The molecule has 9 nitrogen and oxygen atoms in total. The van der Waals surface area contributed by atoms with Gasteiger partial charge >= 0.3 is 0 Å². The molecule has 1 atom stereocenters. The van der Waals surface area contributed by atoms with E-state index in [1.54, 1.807) is 12.4 Å². The van der Waals surface area contributed by atoms with Crippen LogP contribution < -0.4 is 9.64 Å². The predicted octanol–water partition coefficient (Wildman–Crippen LogP) is 3.22. The molecule has 1 aliphatic heterocycles. The highest BCUT2D eigenvalue weighted by atomic mass is 16.5. The standard InChI is InChI=1S/C23H23N7O2/c1-4-19(31)29-9-10-30(15(3)12-29)22-16-7-8-24-23(20(16)25-13-26-22)32-21-14(2)5-6-18-17(21)11-27-28-18/h4-8,11,13,15H,1,9-10,12H2,2-3H3,(H,27,28)/t15-/m0/s1. The summed E-state index contributed by atoms with van der Waals surface area (Å²) < 4.78 is 6.28. The molecule has 162 valence electrons. The quantitative estimate of drug-likeness (QED) is 0.497. The third kappa shape index (κ3) is 3.31. The summed E-state index contributed by atoms with van der Waals surface area (Å²) in [6.07, 6.45) is 6.35. The normalized spacial score (nSPS) is 16.5. The lowest BCUT2D eigenvalue weighted by molar-refractivity contribution is -0.126. The highest BCUT2D eigenvalue weighted by Gasteiger charge is 2.28. The first-order valence-electron chi connectivity index (χ1n) is 10.4. The molecule has 1 fully saturated rings. The number of fused-ring (bicyclic) bond motifs is 2. The van der Waals surface area contributed by atoms with Gasteiger partial charge in [-0.3, -0.25) is 9.89 Å². The summed E-state index contributed by atoms with van der Waals surface area (Å²) in [5.41, 5.74) is 2.50. The maximum Gasteiger partial charge on any atom is 0.246 e. The lowest BCUT2D eigenvalue weighted by Crippen LogP contribution is -2.53. The third-order valence-electron chi connectivity index (χ3n) is 5.85. The van der Waals surface area contributed by atoms with Crippen molar-refractivity contribution in [2.75, 3.05) is 24.5 Å². The molecular weight excluding hydrogens is 406 g/mol. The van der Waals surface area contributed by atoms with E-state index in [0.717, 1.165) is 27.7 Å². The monoisotopic (exact) mass is 429 g/mol. The Morgan fingerprint density at radius 2 is 2.09 bits per heavy atom. The zero-order valence-electron chi connectivity index (χ0n) is 17.9. The predicted molar refractivity (Wildman–Crippen MR) is 122 cm³/mol. The minimum absolute atomic E-state index is 0.0484. The molecule has 5 rings (SSSR count). The van der Waals surface area contributed by atoms with Crippen molar-refractivity contribution in [2.45, 2.75) is 19.9 Å². The van der Waals surface area contributed by atoms with Crippen molar-refractivity contribution in [2.24, 2.45) is 0 Å². The first-order valence-corrected chi connectivity index (χ1v) is 10.4. The molecule has 0 saturated carbocycles. The summed E-state index contributed by atoms with van der Waals surface area (Å²) in [6, 6.07) is 5.94. The summed E-state index contributed by atoms with van der Waals surface area (Å²) in [7, 11) is 0. The summed E-state index contributed by atoms with van der Waals surface area (Å²) >= 11 is 0. The van der Waals surface area contributed by atoms with Gasteiger partial charge in [-0.15, -0.1) is 0 Å². The number of amides is 1. The van der Waals surface area contributed by atoms with Gasteiger partial charge in [-0.05, 0) is 37.6 Å². The van der Waals surface area contributed by atoms with Crippen LogP contribution in [0.25, 0.3) is 21.8 Å². The van der Waals surface area contributed by atoms with Crippen LogP contribution in [0.15, 0.2) is 49.6 Å². The Hall–Kier alpha value is -4.01. The van der Waals surface area contributed by atoms with Crippen LogP contribution in [0.1, 0.15) is 12.5 Å². The molecule has 4 heterocycles. The van der Waals surface area contributed by atoms with Gasteiger partial charge in [0, 0.05) is 37.3 Å². The molecule has 1 aromatic carbocycles. The molecular formula is C23H23N7O2. The van der Waals surface area contributed by atoms with E-state index in [1.807, 2.05) is 30.0 Å². The van der Waals surface area contributed by atoms with Gasteiger partial charge in [0.25, 0.3) is 0 Å². The van der Waals surface area contributed by atoms with Crippen molar-refractivity contribution in [1.29, 1.82) is 0 Å². The number of hydrogen-bond donors (Lipinski definition) is 1. The van der Waals surface area contributed by atoms with Crippen molar-refractivity contribution < 1.29 is 9.53 Å². The fraction of sp³-hybridized carbons (Fsp3) is 0.261. The Labute approximate surface area is 184 Å². The van der Waals surface area contributed by atoms with Gasteiger partial charge in [0.05, 0.1) is 17.1 Å². The van der Waals surface area contributed by atoms with Gasteiger partial charge in [-0.25, -0.2) is 15.0 Å². The molecule has 0 unspecified atom stereocenters. The van der Waals surface area contributed by atoms with E-state index in [1.165, 1.54) is 12.4 Å². The molecule has 0 aliphatic carbocycles. The number of ether oxygens (including phenoxy) is 1. The first kappa shape index (κ1) is 19.9. The Morgan fingerprint density at radius 1 is 1.22 bits per heavy atom. The molecule has 1 aliphatic rings. The second kappa shape index (κ2) is 7.92. The van der Waals surface area contributed by atoms with E-state index >= 15 is 0 Å². The molecule has 0 bridgehead atoms. The van der Waals surface area contributed by atoms with E-state index in [-0.39, 0.29) is 11.9 Å². The molecule has 4 aromatic rings. The van der Waals surface area contributed by atoms with Crippen molar-refractivity contribution >= 4 is 33.5 Å². The van der Waals surface area contributed by atoms with Crippen molar-refractivity contribution in [1.82, 2.24) is 30.0 Å². The number of nitrogens with one attached hydrogen (secondary N) is 1. The molecule has 9 heteroatoms. The van der Waals surface area contributed by atoms with E-state index in [4.69, 9.17) is 4.74 Å². The van der Waals surface area contributed by atoms with Gasteiger partial charge < -0.3 is 14.5 Å². The number of aromatic nitrogens is 5. The Morgan fingerprint density at radius 3 is 2.91 bits per heavy atom. The number of pyridine rings is 1. The van der Waals surface area contributed by atoms with Crippen LogP contribution in [0.2, 0.25) is 0 Å². The number of anilines is 1. The lowest BCUT2D eigenvalue weighted by Gasteiger charge is -2.40. The smallest absolute Gasteiger partial charge is 0.246 e. The van der Waals surface area contributed by atoms with Crippen LogP contribution >= 0.6 is 0 Å². The number of benzene rings is 1. The average Bonchev–Trinajstić information content (AvgIpc) is 3.29. The largest absolute Gasteiger partial charge is 0.436 e. The molecule has 1 N–H and O–H groups in total. The van der Waals surface area contributed by atoms with Crippen LogP contribution in [0, 0.1) is 6.92 Å². The Balaban J connectivity index is 1.52.